The molecule has 0 aliphatic heterocycles. The summed E-state index contributed by atoms with van der Waals surface area (Å²) in [4.78, 5) is 12.7. The van der Waals surface area contributed by atoms with Gasteiger partial charge in [-0.25, -0.2) is 0 Å². The molecule has 98 valence electrons. The largest absolute Gasteiger partial charge is 0.378 e. The number of hydrogen-bond donors (Lipinski definition) is 2. The lowest BCUT2D eigenvalue weighted by atomic mass is 9.94. The molecule has 1 aliphatic rings. The summed E-state index contributed by atoms with van der Waals surface area (Å²) in [6.45, 7) is 0. The van der Waals surface area contributed by atoms with E-state index in [9.17, 15) is 4.79 Å². The van der Waals surface area contributed by atoms with E-state index in [1.807, 2.05) is 29.5 Å². The number of rotatable bonds is 3. The predicted octanol–water partition coefficient (Wildman–Crippen LogP) is 3.34. The average molecular weight is 272 g/mol. The quantitative estimate of drug-likeness (QED) is 0.900. The first-order valence-corrected chi connectivity index (χ1v) is 7.34. The van der Waals surface area contributed by atoms with Crippen LogP contribution < -0.4 is 11.1 Å². The molecule has 1 atom stereocenters. The molecule has 0 bridgehead atoms. The second kappa shape index (κ2) is 5.05. The minimum absolute atomic E-state index is 0.345. The molecule has 4 heteroatoms. The van der Waals surface area contributed by atoms with Crippen LogP contribution in [0.4, 0.5) is 5.69 Å². The molecular formula is C15H16N2OS. The van der Waals surface area contributed by atoms with E-state index in [1.165, 1.54) is 23.3 Å². The zero-order valence-electron chi connectivity index (χ0n) is 10.6. The van der Waals surface area contributed by atoms with E-state index < -0.39 is 0 Å². The second-order valence-electron chi connectivity index (χ2n) is 4.83. The van der Waals surface area contributed by atoms with Crippen molar-refractivity contribution in [3.8, 4) is 0 Å². The number of carbonyl (C=O) groups is 1. The van der Waals surface area contributed by atoms with E-state index in [0.717, 1.165) is 12.1 Å². The van der Waals surface area contributed by atoms with Crippen molar-refractivity contribution >= 4 is 22.9 Å². The minimum atomic E-state index is -0.386. The standard InChI is InChI=1S/C15H16N2OS/c16-15(18)10-3-1-4-11(9-10)17-13-5-2-6-14-12(13)7-8-19-14/h1,3-4,7-9,13,17H,2,5-6H2,(H2,16,18). The van der Waals surface area contributed by atoms with Crippen LogP contribution >= 0.6 is 11.3 Å². The van der Waals surface area contributed by atoms with Gasteiger partial charge >= 0.3 is 0 Å². The average Bonchev–Trinajstić information content (AvgIpc) is 2.88. The summed E-state index contributed by atoms with van der Waals surface area (Å²) in [5.41, 5.74) is 8.22. The fraction of sp³-hybridized carbons (Fsp3) is 0.267. The van der Waals surface area contributed by atoms with Gasteiger partial charge in [0, 0.05) is 16.1 Å². The summed E-state index contributed by atoms with van der Waals surface area (Å²) < 4.78 is 0. The molecule has 2 aromatic rings. The third-order valence-electron chi connectivity index (χ3n) is 3.54. The Morgan fingerprint density at radius 3 is 3.11 bits per heavy atom. The molecule has 3 rings (SSSR count). The topological polar surface area (TPSA) is 55.1 Å². The molecule has 1 aromatic carbocycles. The van der Waals surface area contributed by atoms with Crippen molar-refractivity contribution in [2.45, 2.75) is 25.3 Å². The molecular weight excluding hydrogens is 256 g/mol. The number of nitrogens with two attached hydrogens (primary N) is 1. The first-order chi connectivity index (χ1) is 9.24. The Bertz CT molecular complexity index is 606. The smallest absolute Gasteiger partial charge is 0.248 e. The summed E-state index contributed by atoms with van der Waals surface area (Å²) >= 11 is 1.83. The molecule has 0 radical (unpaired) electrons. The lowest BCUT2D eigenvalue weighted by Gasteiger charge is -2.24. The van der Waals surface area contributed by atoms with E-state index in [0.29, 0.717) is 11.6 Å². The maximum Gasteiger partial charge on any atom is 0.248 e. The van der Waals surface area contributed by atoms with E-state index in [1.54, 1.807) is 6.07 Å². The maximum atomic E-state index is 11.2. The van der Waals surface area contributed by atoms with E-state index >= 15 is 0 Å². The molecule has 1 amide bonds. The number of benzene rings is 1. The van der Waals surface area contributed by atoms with Crippen LogP contribution in [0.25, 0.3) is 0 Å². The molecule has 0 saturated carbocycles. The van der Waals surface area contributed by atoms with Gasteiger partial charge in [0.2, 0.25) is 5.91 Å². The zero-order valence-corrected chi connectivity index (χ0v) is 11.4. The maximum absolute atomic E-state index is 11.2. The number of amides is 1. The monoisotopic (exact) mass is 272 g/mol. The molecule has 19 heavy (non-hydrogen) atoms. The summed E-state index contributed by atoms with van der Waals surface area (Å²) in [7, 11) is 0. The summed E-state index contributed by atoms with van der Waals surface area (Å²) in [5, 5.41) is 5.67. The van der Waals surface area contributed by atoms with Crippen molar-refractivity contribution < 1.29 is 4.79 Å². The lowest BCUT2D eigenvalue weighted by Crippen LogP contribution is -2.16. The zero-order chi connectivity index (χ0) is 13.2. The normalized spacial score (nSPS) is 17.8. The molecule has 1 aromatic heterocycles. The van der Waals surface area contributed by atoms with Crippen molar-refractivity contribution in [1.29, 1.82) is 0 Å². The third kappa shape index (κ3) is 2.49. The Balaban J connectivity index is 1.83. The number of carbonyl (C=O) groups excluding carboxylic acids is 1. The highest BCUT2D eigenvalue weighted by atomic mass is 32.1. The number of fused-ring (bicyclic) bond motifs is 1. The molecule has 0 saturated heterocycles. The Labute approximate surface area is 116 Å². The SMILES string of the molecule is NC(=O)c1cccc(NC2CCCc3sccc32)c1. The van der Waals surface area contributed by atoms with Gasteiger partial charge in [-0.05, 0) is 54.5 Å². The number of hydrogen-bond acceptors (Lipinski definition) is 3. The molecule has 1 unspecified atom stereocenters. The fourth-order valence-electron chi connectivity index (χ4n) is 2.60. The molecule has 3 N–H and O–H groups in total. The van der Waals surface area contributed by atoms with Crippen LogP contribution in [0.15, 0.2) is 35.7 Å². The van der Waals surface area contributed by atoms with Gasteiger partial charge < -0.3 is 11.1 Å². The highest BCUT2D eigenvalue weighted by molar-refractivity contribution is 7.10. The second-order valence-corrected chi connectivity index (χ2v) is 5.83. The van der Waals surface area contributed by atoms with Gasteiger partial charge in [-0.15, -0.1) is 11.3 Å². The number of thiophene rings is 1. The predicted molar refractivity (Wildman–Crippen MR) is 78.6 cm³/mol. The van der Waals surface area contributed by atoms with Crippen molar-refractivity contribution in [3.05, 3.63) is 51.7 Å². The van der Waals surface area contributed by atoms with Crippen LogP contribution in [0, 0.1) is 0 Å². The summed E-state index contributed by atoms with van der Waals surface area (Å²) in [6.07, 6.45) is 3.53. The van der Waals surface area contributed by atoms with Gasteiger partial charge in [0.25, 0.3) is 0 Å². The minimum Gasteiger partial charge on any atom is -0.378 e. The van der Waals surface area contributed by atoms with Crippen molar-refractivity contribution in [1.82, 2.24) is 0 Å². The molecule has 1 aliphatic carbocycles. The molecule has 0 fully saturated rings. The third-order valence-corrected chi connectivity index (χ3v) is 4.54. The van der Waals surface area contributed by atoms with Crippen molar-refractivity contribution in [2.24, 2.45) is 5.73 Å². The van der Waals surface area contributed by atoms with Crippen LogP contribution in [-0.4, -0.2) is 5.91 Å². The number of nitrogens with one attached hydrogen (secondary N) is 1. The molecule has 0 spiro atoms. The van der Waals surface area contributed by atoms with Crippen LogP contribution in [0.5, 0.6) is 0 Å². The summed E-state index contributed by atoms with van der Waals surface area (Å²) in [6, 6.07) is 9.95. The van der Waals surface area contributed by atoms with Gasteiger partial charge in [-0.1, -0.05) is 6.07 Å². The first kappa shape index (κ1) is 12.2. The van der Waals surface area contributed by atoms with Gasteiger partial charge in [-0.3, -0.25) is 4.79 Å². The number of primary amides is 1. The fourth-order valence-corrected chi connectivity index (χ4v) is 3.59. The van der Waals surface area contributed by atoms with Crippen LogP contribution in [0.2, 0.25) is 0 Å². The van der Waals surface area contributed by atoms with E-state index in [-0.39, 0.29) is 5.91 Å². The molecule has 3 nitrogen and oxygen atoms in total. The Morgan fingerprint density at radius 1 is 1.37 bits per heavy atom. The van der Waals surface area contributed by atoms with Gasteiger partial charge in [0.1, 0.15) is 0 Å². The highest BCUT2D eigenvalue weighted by Gasteiger charge is 2.20. The van der Waals surface area contributed by atoms with Crippen LogP contribution in [0.1, 0.15) is 39.7 Å². The van der Waals surface area contributed by atoms with E-state index in [2.05, 4.69) is 16.8 Å². The van der Waals surface area contributed by atoms with Crippen LogP contribution in [0.3, 0.4) is 0 Å². The van der Waals surface area contributed by atoms with Gasteiger partial charge in [-0.2, -0.15) is 0 Å². The Kier molecular flexibility index (Phi) is 3.25. The summed E-state index contributed by atoms with van der Waals surface area (Å²) in [5.74, 6) is -0.386. The van der Waals surface area contributed by atoms with Gasteiger partial charge in [0.15, 0.2) is 0 Å². The Morgan fingerprint density at radius 2 is 2.26 bits per heavy atom. The number of anilines is 1. The Hall–Kier alpha value is -1.81. The van der Waals surface area contributed by atoms with Crippen molar-refractivity contribution in [3.63, 3.8) is 0 Å². The van der Waals surface area contributed by atoms with Gasteiger partial charge in [0.05, 0.1) is 6.04 Å². The first-order valence-electron chi connectivity index (χ1n) is 6.47. The lowest BCUT2D eigenvalue weighted by molar-refractivity contribution is 0.100. The highest BCUT2D eigenvalue weighted by Crippen LogP contribution is 2.35. The van der Waals surface area contributed by atoms with E-state index in [4.69, 9.17) is 5.73 Å². The van der Waals surface area contributed by atoms with Crippen LogP contribution in [-0.2, 0) is 6.42 Å². The number of aryl methyl sites for hydroxylation is 1. The van der Waals surface area contributed by atoms with Crippen molar-refractivity contribution in [2.75, 3.05) is 5.32 Å². The molecule has 1 heterocycles.